The van der Waals surface area contributed by atoms with Gasteiger partial charge in [0.1, 0.15) is 5.75 Å². The van der Waals surface area contributed by atoms with Gasteiger partial charge in [-0.1, -0.05) is 32.0 Å². The van der Waals surface area contributed by atoms with Crippen LogP contribution in [0.2, 0.25) is 0 Å². The van der Waals surface area contributed by atoms with E-state index in [0.717, 1.165) is 17.5 Å². The number of rotatable bonds is 6. The first-order valence-corrected chi connectivity index (χ1v) is 6.18. The third kappa shape index (κ3) is 4.02. The summed E-state index contributed by atoms with van der Waals surface area (Å²) in [6.45, 7) is 6.98. The van der Waals surface area contributed by atoms with Crippen molar-refractivity contribution in [2.45, 2.75) is 39.8 Å². The second-order valence-electron chi connectivity index (χ2n) is 4.83. The van der Waals surface area contributed by atoms with E-state index < -0.39 is 0 Å². The lowest BCUT2D eigenvalue weighted by Crippen LogP contribution is -2.34. The fourth-order valence-corrected chi connectivity index (χ4v) is 1.91. The van der Waals surface area contributed by atoms with Crippen LogP contribution in [0.3, 0.4) is 0 Å². The maximum absolute atomic E-state index is 9.89. The Bertz CT molecular complexity index is 350. The van der Waals surface area contributed by atoms with Gasteiger partial charge in [-0.15, -0.1) is 0 Å². The monoisotopic (exact) mass is 237 g/mol. The molecule has 0 saturated carbocycles. The fourth-order valence-electron chi connectivity index (χ4n) is 1.91. The molecule has 0 aliphatic rings. The predicted octanol–water partition coefficient (Wildman–Crippen LogP) is 2.20. The molecule has 0 aromatic heterocycles. The van der Waals surface area contributed by atoms with Crippen LogP contribution in [-0.2, 0) is 6.54 Å². The van der Waals surface area contributed by atoms with Gasteiger partial charge < -0.3 is 15.5 Å². The van der Waals surface area contributed by atoms with Gasteiger partial charge in [-0.2, -0.15) is 0 Å². The van der Waals surface area contributed by atoms with E-state index in [1.807, 2.05) is 25.1 Å². The summed E-state index contributed by atoms with van der Waals surface area (Å²) in [5, 5.41) is 22.3. The molecule has 17 heavy (non-hydrogen) atoms. The number of benzene rings is 1. The number of aliphatic hydroxyl groups is 1. The smallest absolute Gasteiger partial charge is 0.122 e. The molecule has 1 unspecified atom stereocenters. The minimum absolute atomic E-state index is 0.190. The quantitative estimate of drug-likeness (QED) is 0.711. The van der Waals surface area contributed by atoms with Gasteiger partial charge in [0.15, 0.2) is 0 Å². The number of hydrogen-bond donors (Lipinski definition) is 3. The lowest BCUT2D eigenvalue weighted by atomic mass is 10.0. The van der Waals surface area contributed by atoms with Crippen molar-refractivity contribution >= 4 is 0 Å². The third-order valence-electron chi connectivity index (χ3n) is 3.12. The van der Waals surface area contributed by atoms with Crippen molar-refractivity contribution in [2.75, 3.05) is 6.61 Å². The highest BCUT2D eigenvalue weighted by molar-refractivity contribution is 5.39. The fraction of sp³-hybridized carbons (Fsp3) is 0.571. The van der Waals surface area contributed by atoms with Crippen molar-refractivity contribution in [1.82, 2.24) is 5.32 Å². The Labute approximate surface area is 103 Å². The van der Waals surface area contributed by atoms with Crippen molar-refractivity contribution in [2.24, 2.45) is 5.92 Å². The molecule has 0 aliphatic heterocycles. The highest BCUT2D eigenvalue weighted by Crippen LogP contribution is 2.21. The molecule has 0 radical (unpaired) electrons. The zero-order chi connectivity index (χ0) is 12.8. The first kappa shape index (κ1) is 14.0. The Hall–Kier alpha value is -1.06. The van der Waals surface area contributed by atoms with Crippen molar-refractivity contribution in [3.63, 3.8) is 0 Å². The van der Waals surface area contributed by atoms with E-state index in [4.69, 9.17) is 5.11 Å². The van der Waals surface area contributed by atoms with Crippen LogP contribution in [0.25, 0.3) is 0 Å². The lowest BCUT2D eigenvalue weighted by molar-refractivity contribution is 0.243. The molecule has 0 amide bonds. The molecule has 3 heteroatoms. The largest absolute Gasteiger partial charge is 0.507 e. The minimum atomic E-state index is 0.190. The zero-order valence-corrected chi connectivity index (χ0v) is 10.9. The van der Waals surface area contributed by atoms with Crippen molar-refractivity contribution < 1.29 is 10.2 Å². The number of nitrogens with one attached hydrogen (secondary N) is 1. The van der Waals surface area contributed by atoms with Crippen LogP contribution in [0.4, 0.5) is 0 Å². The highest BCUT2D eigenvalue weighted by Gasteiger charge is 2.13. The van der Waals surface area contributed by atoms with Gasteiger partial charge >= 0.3 is 0 Å². The molecular formula is C14H23NO2. The molecule has 1 atom stereocenters. The molecule has 96 valence electrons. The molecule has 3 N–H and O–H groups in total. The van der Waals surface area contributed by atoms with Crippen LogP contribution < -0.4 is 5.32 Å². The standard InChI is InChI=1S/C14H23NO2/c1-10(2)13(7-8-16)15-9-12-6-4-5-11(3)14(12)17/h4-6,10,13,15-17H,7-9H2,1-3H3. The summed E-state index contributed by atoms with van der Waals surface area (Å²) in [5.41, 5.74) is 1.81. The number of phenolic OH excluding ortho intramolecular Hbond substituents is 1. The van der Waals surface area contributed by atoms with Gasteiger partial charge in [-0.3, -0.25) is 0 Å². The highest BCUT2D eigenvalue weighted by atomic mass is 16.3. The van der Waals surface area contributed by atoms with Crippen molar-refractivity contribution in [3.05, 3.63) is 29.3 Å². The minimum Gasteiger partial charge on any atom is -0.507 e. The summed E-state index contributed by atoms with van der Waals surface area (Å²) < 4.78 is 0. The summed E-state index contributed by atoms with van der Waals surface area (Å²) in [5.74, 6) is 0.834. The molecule has 0 saturated heterocycles. The zero-order valence-electron chi connectivity index (χ0n) is 10.9. The average molecular weight is 237 g/mol. The van der Waals surface area contributed by atoms with Gasteiger partial charge in [-0.25, -0.2) is 0 Å². The van der Waals surface area contributed by atoms with E-state index >= 15 is 0 Å². The number of phenols is 1. The average Bonchev–Trinajstić information content (AvgIpc) is 2.29. The SMILES string of the molecule is Cc1cccc(CNC(CCO)C(C)C)c1O. The summed E-state index contributed by atoms with van der Waals surface area (Å²) in [7, 11) is 0. The molecule has 0 bridgehead atoms. The molecule has 1 aromatic rings. The summed E-state index contributed by atoms with van der Waals surface area (Å²) in [4.78, 5) is 0. The van der Waals surface area contributed by atoms with E-state index in [2.05, 4.69) is 19.2 Å². The van der Waals surface area contributed by atoms with Crippen LogP contribution in [0.15, 0.2) is 18.2 Å². The van der Waals surface area contributed by atoms with E-state index in [9.17, 15) is 5.11 Å². The van der Waals surface area contributed by atoms with Crippen molar-refractivity contribution in [3.8, 4) is 5.75 Å². The van der Waals surface area contributed by atoms with Gasteiger partial charge in [0.2, 0.25) is 0 Å². The Balaban J connectivity index is 2.62. The van der Waals surface area contributed by atoms with E-state index in [1.54, 1.807) is 0 Å². The van der Waals surface area contributed by atoms with E-state index in [0.29, 0.717) is 18.2 Å². The lowest BCUT2D eigenvalue weighted by Gasteiger charge is -2.22. The van der Waals surface area contributed by atoms with E-state index in [1.165, 1.54) is 0 Å². The third-order valence-corrected chi connectivity index (χ3v) is 3.12. The number of aromatic hydroxyl groups is 1. The normalized spacial score (nSPS) is 13.0. The van der Waals surface area contributed by atoms with Gasteiger partial charge in [-0.05, 0) is 24.8 Å². The number of aliphatic hydroxyl groups excluding tert-OH is 1. The molecule has 0 spiro atoms. The van der Waals surface area contributed by atoms with E-state index in [-0.39, 0.29) is 12.6 Å². The van der Waals surface area contributed by atoms with Gasteiger partial charge in [0.25, 0.3) is 0 Å². The molecule has 3 nitrogen and oxygen atoms in total. The second-order valence-corrected chi connectivity index (χ2v) is 4.83. The Kier molecular flexibility index (Phi) is 5.45. The first-order chi connectivity index (χ1) is 8.06. The summed E-state index contributed by atoms with van der Waals surface area (Å²) in [6.07, 6.45) is 0.740. The topological polar surface area (TPSA) is 52.5 Å². The molecular weight excluding hydrogens is 214 g/mol. The predicted molar refractivity (Wildman–Crippen MR) is 70.0 cm³/mol. The van der Waals surface area contributed by atoms with Crippen LogP contribution in [0.5, 0.6) is 5.75 Å². The molecule has 0 aliphatic carbocycles. The molecule has 1 aromatic carbocycles. The summed E-state index contributed by atoms with van der Waals surface area (Å²) in [6, 6.07) is 6.04. The van der Waals surface area contributed by atoms with Crippen LogP contribution >= 0.6 is 0 Å². The van der Waals surface area contributed by atoms with Crippen LogP contribution in [-0.4, -0.2) is 22.9 Å². The maximum atomic E-state index is 9.89. The molecule has 0 heterocycles. The molecule has 1 rings (SSSR count). The Morgan fingerprint density at radius 3 is 2.59 bits per heavy atom. The van der Waals surface area contributed by atoms with Gasteiger partial charge in [0, 0.05) is 24.8 Å². The molecule has 0 fully saturated rings. The van der Waals surface area contributed by atoms with Crippen molar-refractivity contribution in [1.29, 1.82) is 0 Å². The number of hydrogen-bond acceptors (Lipinski definition) is 3. The Morgan fingerprint density at radius 1 is 1.29 bits per heavy atom. The second kappa shape index (κ2) is 6.62. The number of para-hydroxylation sites is 1. The Morgan fingerprint density at radius 2 is 2.00 bits per heavy atom. The first-order valence-electron chi connectivity index (χ1n) is 6.18. The van der Waals surface area contributed by atoms with Crippen LogP contribution in [0, 0.1) is 12.8 Å². The van der Waals surface area contributed by atoms with Gasteiger partial charge in [0.05, 0.1) is 0 Å². The number of aryl methyl sites for hydroxylation is 1. The van der Waals surface area contributed by atoms with Crippen LogP contribution in [0.1, 0.15) is 31.4 Å². The summed E-state index contributed by atoms with van der Waals surface area (Å²) >= 11 is 0. The maximum Gasteiger partial charge on any atom is 0.122 e.